The number of aliphatic carboxylic acids is 1. The maximum absolute atomic E-state index is 14.9. The first-order valence-electron chi connectivity index (χ1n) is 40.7. The van der Waals surface area contributed by atoms with Gasteiger partial charge in [0.05, 0.1) is 6.04 Å². The summed E-state index contributed by atoms with van der Waals surface area (Å²) in [5, 5.41) is 36.3. The van der Waals surface area contributed by atoms with Crippen LogP contribution in [-0.2, 0) is 109 Å². The molecule has 41 nitrogen and oxygen atoms in total. The molecule has 0 unspecified atom stereocenters. The van der Waals surface area contributed by atoms with Crippen molar-refractivity contribution < 1.29 is 101 Å². The van der Waals surface area contributed by atoms with Crippen LogP contribution in [-0.4, -0.2) is 260 Å². The molecule has 19 amide bonds. The van der Waals surface area contributed by atoms with Gasteiger partial charge in [0.15, 0.2) is 0 Å². The Morgan fingerprint density at radius 3 is 0.917 bits per heavy atom. The smallest absolute Gasteiger partial charge is 0.326 e. The molecule has 0 aromatic heterocycles. The van der Waals surface area contributed by atoms with Crippen molar-refractivity contribution >= 4 is 118 Å². The Morgan fingerprint density at radius 1 is 0.342 bits per heavy atom. The van der Waals surface area contributed by atoms with Gasteiger partial charge in [0.1, 0.15) is 78.5 Å². The number of nitrogens with two attached hydrogens (primary N) is 6. The number of carbonyl (C=O) groups excluding carboxylic acids is 19. The van der Waals surface area contributed by atoms with E-state index < -0.39 is 255 Å². The van der Waals surface area contributed by atoms with Crippen LogP contribution in [0.1, 0.15) is 173 Å². The molecular weight excluding hydrogens is 1560 g/mol. The number of benzene rings is 2. The van der Waals surface area contributed by atoms with Gasteiger partial charge in [-0.05, 0) is 133 Å². The Bertz CT molecular complexity index is 4070. The molecule has 5 fully saturated rings. The van der Waals surface area contributed by atoms with Crippen LogP contribution in [0.5, 0.6) is 0 Å². The quantitative estimate of drug-likeness (QED) is 0.0294. The highest BCUT2D eigenvalue weighted by Crippen LogP contribution is 2.27. The van der Waals surface area contributed by atoms with Gasteiger partial charge in [-0.3, -0.25) is 91.1 Å². The summed E-state index contributed by atoms with van der Waals surface area (Å²) in [6, 6.07) is -2.23. The first-order chi connectivity index (χ1) is 57.0. The Balaban J connectivity index is 1.05. The van der Waals surface area contributed by atoms with Gasteiger partial charge in [0, 0.05) is 77.5 Å². The molecule has 0 saturated carbocycles. The maximum Gasteiger partial charge on any atom is 0.326 e. The molecule has 5 saturated heterocycles. The second-order valence-corrected chi connectivity index (χ2v) is 31.3. The highest BCUT2D eigenvalue weighted by molar-refractivity contribution is 6.01. The number of carboxylic acids is 1. The van der Waals surface area contributed by atoms with E-state index in [2.05, 4.69) is 53.2 Å². The Labute approximate surface area is 693 Å². The predicted molar refractivity (Wildman–Crippen MR) is 425 cm³/mol. The van der Waals surface area contributed by atoms with Crippen LogP contribution in [0.3, 0.4) is 0 Å². The summed E-state index contributed by atoms with van der Waals surface area (Å²) in [7, 11) is 0. The monoisotopic (exact) mass is 1680 g/mol. The fraction of sp³-hybridized carbons (Fsp3) is 0.595. The molecule has 23 N–H and O–H groups in total. The number of primary amides is 6. The van der Waals surface area contributed by atoms with E-state index in [1.54, 1.807) is 74.5 Å². The third-order valence-corrected chi connectivity index (χ3v) is 21.7. The molecular formula is C79H114N20O21. The Hall–Kier alpha value is -12.2. The van der Waals surface area contributed by atoms with Crippen molar-refractivity contribution in [3.8, 4) is 0 Å². The maximum atomic E-state index is 14.9. The van der Waals surface area contributed by atoms with Crippen LogP contribution in [0.25, 0.3) is 0 Å². The summed E-state index contributed by atoms with van der Waals surface area (Å²) >= 11 is 0. The van der Waals surface area contributed by atoms with Crippen molar-refractivity contribution in [3.63, 3.8) is 0 Å². The Kier molecular flexibility index (Phi) is 36.6. The lowest BCUT2D eigenvalue weighted by Crippen LogP contribution is -2.61. The van der Waals surface area contributed by atoms with Crippen LogP contribution in [0.2, 0.25) is 0 Å². The molecule has 7 rings (SSSR count). The summed E-state index contributed by atoms with van der Waals surface area (Å²) in [5.41, 5.74) is 34.3. The summed E-state index contributed by atoms with van der Waals surface area (Å²) in [5.74, 6) is -18.5. The van der Waals surface area contributed by atoms with Gasteiger partial charge in [-0.2, -0.15) is 0 Å². The van der Waals surface area contributed by atoms with E-state index >= 15 is 0 Å². The zero-order chi connectivity index (χ0) is 88.0. The molecule has 0 radical (unpaired) electrons. The van der Waals surface area contributed by atoms with Gasteiger partial charge in [-0.15, -0.1) is 0 Å². The molecule has 0 bridgehead atoms. The topological polar surface area (TPSA) is 651 Å². The van der Waals surface area contributed by atoms with E-state index in [4.69, 9.17) is 34.4 Å². The van der Waals surface area contributed by atoms with Crippen LogP contribution in [0.15, 0.2) is 60.7 Å². The summed E-state index contributed by atoms with van der Waals surface area (Å²) in [6.07, 6.45) is -3.39. The normalized spacial score (nSPS) is 19.7. The number of nitrogens with zero attached hydrogens (tertiary/aromatic N) is 4. The van der Waals surface area contributed by atoms with E-state index in [0.29, 0.717) is 31.4 Å². The van der Waals surface area contributed by atoms with Gasteiger partial charge in [-0.25, -0.2) is 4.79 Å². The van der Waals surface area contributed by atoms with E-state index in [9.17, 15) is 101 Å². The van der Waals surface area contributed by atoms with Crippen LogP contribution in [0.4, 0.5) is 0 Å². The molecule has 14 atom stereocenters. The van der Waals surface area contributed by atoms with Crippen molar-refractivity contribution in [2.75, 3.05) is 32.7 Å². The minimum atomic E-state index is -1.74. The number of rotatable bonds is 47. The Morgan fingerprint density at radius 2 is 0.608 bits per heavy atom. The summed E-state index contributed by atoms with van der Waals surface area (Å²) < 4.78 is 0. The predicted octanol–water partition coefficient (Wildman–Crippen LogP) is -5.73. The van der Waals surface area contributed by atoms with Crippen molar-refractivity contribution in [2.24, 2.45) is 40.3 Å². The van der Waals surface area contributed by atoms with Gasteiger partial charge >= 0.3 is 5.97 Å². The third kappa shape index (κ3) is 28.8. The van der Waals surface area contributed by atoms with Crippen molar-refractivity contribution in [1.82, 2.24) is 72.8 Å². The highest BCUT2D eigenvalue weighted by atomic mass is 16.4. The number of amides is 19. The molecule has 5 heterocycles. The zero-order valence-electron chi connectivity index (χ0n) is 67.5. The van der Waals surface area contributed by atoms with E-state index in [0.717, 1.165) is 21.8 Å². The van der Waals surface area contributed by atoms with Crippen LogP contribution in [0, 0.1) is 5.92 Å². The third-order valence-electron chi connectivity index (χ3n) is 21.7. The lowest BCUT2D eigenvalue weighted by Gasteiger charge is -2.33. The van der Waals surface area contributed by atoms with E-state index in [1.165, 1.54) is 9.80 Å². The molecule has 2 aromatic rings. The van der Waals surface area contributed by atoms with Crippen molar-refractivity contribution in [3.05, 3.63) is 71.8 Å². The molecule has 0 aliphatic carbocycles. The molecule has 120 heavy (non-hydrogen) atoms. The van der Waals surface area contributed by atoms with Crippen molar-refractivity contribution in [1.29, 1.82) is 0 Å². The molecule has 41 heteroatoms. The summed E-state index contributed by atoms with van der Waals surface area (Å²) in [4.78, 5) is 278. The second kappa shape index (κ2) is 46.2. The van der Waals surface area contributed by atoms with Gasteiger partial charge in [0.25, 0.3) is 0 Å². The lowest BCUT2D eigenvalue weighted by molar-refractivity contribution is -0.146. The molecule has 0 spiro atoms. The number of hydrogen-bond donors (Lipinski definition) is 17. The van der Waals surface area contributed by atoms with Crippen LogP contribution >= 0.6 is 0 Å². The standard InChI is InChI=1S/C79H114N20O21/c1-43(2)40-53(93-69(109)49(25-31-62(82)102)89-72(112)57-20-12-38-98(57)77(117)54(41-44-14-5-3-6-15-44)94-66(106)46-18-9-35-86-46)70(110)87-47(23-29-60(80)100)67(107)90-50(26-32-63(83)103)75(115)96-36-10-19-56(96)71(111)88-48(24-30-61(81)101)68(108)91-51(27-33-64(84)104)76(116)97-37-11-22-59(97)74(114)95-55(42-45-16-7-4-8-17-45)78(118)99-39-13-21-58(99)73(113)92-52(79(119)120)28-34-65(85)105/h3-8,14-17,43,46-59,86H,9-13,18-42H2,1-2H3,(H2,80,100)(H2,81,101)(H2,82,102)(H2,83,103)(H2,84,104)(H2,85,105)(H,87,110)(H,88,111)(H,89,112)(H,90,107)(H,91,108)(H,92,113)(H,93,109)(H,94,106)(H,95,114)(H,119,120)/t46-,47-,48-,49-,50-,51-,52-,53-,54-,55-,56-,57-,58-,59-/m0/s1. The molecule has 5 aliphatic rings. The zero-order valence-corrected chi connectivity index (χ0v) is 67.5. The first kappa shape index (κ1) is 94.9. The van der Waals surface area contributed by atoms with Crippen molar-refractivity contribution in [2.45, 2.75) is 259 Å². The summed E-state index contributed by atoms with van der Waals surface area (Å²) in [6.45, 7) is 3.87. The fourth-order valence-electron chi connectivity index (χ4n) is 15.5. The van der Waals surface area contributed by atoms with Crippen LogP contribution < -0.4 is 87.6 Å². The minimum Gasteiger partial charge on any atom is -0.480 e. The molecule has 2 aromatic carbocycles. The number of carbonyl (C=O) groups is 20. The lowest BCUT2D eigenvalue weighted by atomic mass is 10.0. The average molecular weight is 1680 g/mol. The molecule has 656 valence electrons. The largest absolute Gasteiger partial charge is 0.480 e. The second-order valence-electron chi connectivity index (χ2n) is 31.3. The molecule has 5 aliphatic heterocycles. The number of hydrogen-bond acceptors (Lipinski definition) is 21. The van der Waals surface area contributed by atoms with Gasteiger partial charge in [0.2, 0.25) is 112 Å². The number of nitrogens with one attached hydrogen (secondary N) is 10. The first-order valence-corrected chi connectivity index (χ1v) is 40.7. The van der Waals surface area contributed by atoms with E-state index in [1.807, 2.05) is 0 Å². The average Bonchev–Trinajstić information content (AvgIpc) is 1.66. The van der Waals surface area contributed by atoms with Gasteiger partial charge in [-0.1, -0.05) is 74.5 Å². The number of likely N-dealkylation sites (tertiary alicyclic amines) is 4. The fourth-order valence-corrected chi connectivity index (χ4v) is 15.5. The van der Waals surface area contributed by atoms with E-state index in [-0.39, 0.29) is 115 Å². The minimum absolute atomic E-state index is 0.0217. The number of carboxylic acid groups (broad SMARTS) is 1. The highest BCUT2D eigenvalue weighted by Gasteiger charge is 2.46. The van der Waals surface area contributed by atoms with Gasteiger partial charge < -0.3 is 112 Å². The SMILES string of the molecule is CC(C)C[C@H](NC(=O)[C@H](CCC(N)=O)NC(=O)[C@@H]1CCCN1C(=O)[C@H](Cc1ccccc1)NC(=O)[C@@H]1CCCN1)C(=O)N[C@@H](CCC(N)=O)C(=O)N[C@@H](CCC(N)=O)C(=O)N1CCC[C@H]1C(=O)N[C@@H](CCC(N)=O)C(=O)N[C@@H](CCC(N)=O)C(=O)N1CCC[C@H]1C(=O)N[C@@H](Cc1ccccc1)C(=O)N1CCC[C@H]1C(=O)N[C@@H](CCC(N)=O)C(=O)O.